The van der Waals surface area contributed by atoms with Crippen molar-refractivity contribution in [1.82, 2.24) is 24.3 Å². The summed E-state index contributed by atoms with van der Waals surface area (Å²) < 4.78 is 9.32. The van der Waals surface area contributed by atoms with Gasteiger partial charge in [-0.2, -0.15) is 10.4 Å². The molecule has 2 aromatic carbocycles. The molecule has 0 saturated carbocycles. The van der Waals surface area contributed by atoms with Crippen molar-refractivity contribution in [1.29, 1.82) is 5.26 Å². The number of nitrogens with one attached hydrogen (secondary N) is 1. The summed E-state index contributed by atoms with van der Waals surface area (Å²) in [5.41, 5.74) is 8.19. The number of ether oxygens (including phenoxy) is 1. The number of hydrogen-bond acceptors (Lipinski definition) is 7. The number of aliphatic hydroxyl groups excluding tert-OH is 1. The van der Waals surface area contributed by atoms with Crippen LogP contribution in [0.25, 0.3) is 39.6 Å². The Balaban J connectivity index is 1.64. The predicted octanol–water partition coefficient (Wildman–Crippen LogP) is 5.71. The molecule has 3 aromatic heterocycles. The first-order valence-corrected chi connectivity index (χ1v) is 13.4. The molecule has 5 rings (SSSR count). The standard InChI is InChI=1S/C32H33N7O2/c1-20-14-25(16-27(15-20)41-5)31-28(19-38(37-31)13-12-33)29-17-30(34-18-23(4)40)36-32(35-29)24-8-10-26(11-9-24)39-21(2)6-7-22(39)3/h6-11,14-17,19,23,40H,13,18H2,1-5H3,(H,34,35,36)/t23-/m0/s1. The number of aliphatic hydroxyl groups is 1. The van der Waals surface area contributed by atoms with Crippen molar-refractivity contribution >= 4 is 5.82 Å². The fourth-order valence-corrected chi connectivity index (χ4v) is 4.87. The highest BCUT2D eigenvalue weighted by Gasteiger charge is 2.19. The second-order valence-corrected chi connectivity index (χ2v) is 10.2. The highest BCUT2D eigenvalue weighted by atomic mass is 16.5. The zero-order valence-corrected chi connectivity index (χ0v) is 23.9. The molecule has 1 atom stereocenters. The van der Waals surface area contributed by atoms with E-state index in [1.54, 1.807) is 18.7 Å². The quantitative estimate of drug-likeness (QED) is 0.243. The molecular weight excluding hydrogens is 514 g/mol. The van der Waals surface area contributed by atoms with E-state index in [9.17, 15) is 10.4 Å². The van der Waals surface area contributed by atoms with Gasteiger partial charge in [0.2, 0.25) is 0 Å². The van der Waals surface area contributed by atoms with E-state index in [2.05, 4.69) is 54.1 Å². The zero-order valence-electron chi connectivity index (χ0n) is 23.9. The van der Waals surface area contributed by atoms with E-state index in [1.807, 2.05) is 49.5 Å². The Morgan fingerprint density at radius 2 is 1.71 bits per heavy atom. The molecule has 0 radical (unpaired) electrons. The molecule has 0 aliphatic rings. The third-order valence-corrected chi connectivity index (χ3v) is 6.79. The number of anilines is 1. The van der Waals surface area contributed by atoms with Gasteiger partial charge in [-0.3, -0.25) is 4.68 Å². The Kier molecular flexibility index (Phi) is 7.86. The summed E-state index contributed by atoms with van der Waals surface area (Å²) in [6.45, 7) is 8.31. The first kappa shape index (κ1) is 27.6. The second-order valence-electron chi connectivity index (χ2n) is 10.2. The first-order chi connectivity index (χ1) is 19.7. The van der Waals surface area contributed by atoms with Crippen molar-refractivity contribution < 1.29 is 9.84 Å². The Morgan fingerprint density at radius 3 is 2.37 bits per heavy atom. The number of rotatable bonds is 9. The summed E-state index contributed by atoms with van der Waals surface area (Å²) in [6, 6.07) is 22.3. The van der Waals surface area contributed by atoms with Gasteiger partial charge in [0.25, 0.3) is 0 Å². The van der Waals surface area contributed by atoms with Crippen molar-refractivity contribution in [3.05, 3.63) is 83.8 Å². The number of aryl methyl sites for hydroxylation is 3. The van der Waals surface area contributed by atoms with Gasteiger partial charge in [0.05, 0.1) is 25.0 Å². The van der Waals surface area contributed by atoms with Crippen LogP contribution in [0.15, 0.2) is 66.9 Å². The third-order valence-electron chi connectivity index (χ3n) is 6.79. The summed E-state index contributed by atoms with van der Waals surface area (Å²) in [6.07, 6.45) is 1.27. The molecule has 2 N–H and O–H groups in total. The van der Waals surface area contributed by atoms with Gasteiger partial charge in [-0.1, -0.05) is 0 Å². The van der Waals surface area contributed by atoms with Crippen LogP contribution >= 0.6 is 0 Å². The smallest absolute Gasteiger partial charge is 0.162 e. The van der Waals surface area contributed by atoms with Crippen LogP contribution in [-0.4, -0.2) is 49.2 Å². The topological polar surface area (TPSA) is 114 Å². The lowest BCUT2D eigenvalue weighted by molar-refractivity contribution is 0.208. The van der Waals surface area contributed by atoms with E-state index in [0.717, 1.165) is 45.1 Å². The number of methoxy groups -OCH3 is 1. The van der Waals surface area contributed by atoms with Crippen molar-refractivity contribution in [2.75, 3.05) is 19.0 Å². The van der Waals surface area contributed by atoms with Crippen LogP contribution in [0.3, 0.4) is 0 Å². The molecule has 9 heteroatoms. The van der Waals surface area contributed by atoms with Gasteiger partial charge in [0, 0.05) is 52.6 Å². The van der Waals surface area contributed by atoms with Crippen LogP contribution < -0.4 is 10.1 Å². The minimum atomic E-state index is -0.558. The van der Waals surface area contributed by atoms with Crippen molar-refractivity contribution in [2.45, 2.75) is 40.3 Å². The van der Waals surface area contributed by atoms with E-state index in [0.29, 0.717) is 29.6 Å². The van der Waals surface area contributed by atoms with E-state index in [-0.39, 0.29) is 6.54 Å². The molecule has 0 fully saturated rings. The third kappa shape index (κ3) is 5.98. The number of nitrogens with zero attached hydrogens (tertiary/aromatic N) is 6. The maximum Gasteiger partial charge on any atom is 0.162 e. The maximum atomic E-state index is 9.92. The molecule has 0 bridgehead atoms. The maximum absolute atomic E-state index is 9.92. The second kappa shape index (κ2) is 11.7. The van der Waals surface area contributed by atoms with Gasteiger partial charge < -0.3 is 19.7 Å². The lowest BCUT2D eigenvalue weighted by Crippen LogP contribution is -2.16. The monoisotopic (exact) mass is 547 g/mol. The molecular formula is C32H33N7O2. The Bertz CT molecular complexity index is 1710. The highest BCUT2D eigenvalue weighted by molar-refractivity contribution is 5.81. The highest BCUT2D eigenvalue weighted by Crippen LogP contribution is 2.35. The Labute approximate surface area is 239 Å². The van der Waals surface area contributed by atoms with E-state index in [4.69, 9.17) is 19.8 Å². The average Bonchev–Trinajstić information content (AvgIpc) is 3.54. The lowest BCUT2D eigenvalue weighted by atomic mass is 10.0. The van der Waals surface area contributed by atoms with E-state index < -0.39 is 6.10 Å². The van der Waals surface area contributed by atoms with Crippen LogP contribution in [0.5, 0.6) is 5.75 Å². The number of hydrogen-bond donors (Lipinski definition) is 2. The Morgan fingerprint density at radius 1 is 0.976 bits per heavy atom. The summed E-state index contributed by atoms with van der Waals surface area (Å²) in [4.78, 5) is 9.74. The molecule has 5 aromatic rings. The molecule has 0 amide bonds. The van der Waals surface area contributed by atoms with Crippen LogP contribution in [0.1, 0.15) is 23.9 Å². The first-order valence-electron chi connectivity index (χ1n) is 13.4. The number of benzene rings is 2. The summed E-state index contributed by atoms with van der Waals surface area (Å²) in [5.74, 6) is 1.83. The molecule has 9 nitrogen and oxygen atoms in total. The van der Waals surface area contributed by atoms with Gasteiger partial charge in [-0.25, -0.2) is 9.97 Å². The molecule has 0 aliphatic heterocycles. The minimum Gasteiger partial charge on any atom is -0.497 e. The van der Waals surface area contributed by atoms with Gasteiger partial charge >= 0.3 is 0 Å². The average molecular weight is 548 g/mol. The molecule has 208 valence electrons. The largest absolute Gasteiger partial charge is 0.497 e. The van der Waals surface area contributed by atoms with Crippen molar-refractivity contribution in [3.63, 3.8) is 0 Å². The Hall–Kier alpha value is -4.94. The molecule has 0 aliphatic carbocycles. The summed E-state index contributed by atoms with van der Waals surface area (Å²) in [7, 11) is 1.63. The molecule has 41 heavy (non-hydrogen) atoms. The van der Waals surface area contributed by atoms with Gasteiger partial charge in [-0.05, 0) is 87.9 Å². The predicted molar refractivity (Wildman–Crippen MR) is 160 cm³/mol. The van der Waals surface area contributed by atoms with Gasteiger partial charge in [0.15, 0.2) is 5.82 Å². The molecule has 0 unspecified atom stereocenters. The minimum absolute atomic E-state index is 0.0979. The molecule has 0 saturated heterocycles. The molecule has 0 spiro atoms. The normalized spacial score (nSPS) is 11.7. The number of nitriles is 1. The zero-order chi connectivity index (χ0) is 29.1. The van der Waals surface area contributed by atoms with Crippen LogP contribution in [0.4, 0.5) is 5.82 Å². The lowest BCUT2D eigenvalue weighted by Gasteiger charge is -2.13. The van der Waals surface area contributed by atoms with Crippen LogP contribution in [0.2, 0.25) is 0 Å². The van der Waals surface area contributed by atoms with Crippen molar-refractivity contribution in [3.8, 4) is 51.4 Å². The fourth-order valence-electron chi connectivity index (χ4n) is 4.87. The SMILES string of the molecule is COc1cc(C)cc(-c2nn(CC#N)cc2-c2cc(NC[C@H](C)O)nc(-c3ccc(-n4c(C)ccc4C)cc3)n2)c1. The van der Waals surface area contributed by atoms with Crippen LogP contribution in [0, 0.1) is 32.1 Å². The molecule has 3 heterocycles. The van der Waals surface area contributed by atoms with E-state index in [1.165, 1.54) is 0 Å². The van der Waals surface area contributed by atoms with Gasteiger partial charge in [0.1, 0.15) is 23.8 Å². The van der Waals surface area contributed by atoms with Crippen LogP contribution in [-0.2, 0) is 6.54 Å². The van der Waals surface area contributed by atoms with Gasteiger partial charge in [-0.15, -0.1) is 0 Å². The number of aromatic nitrogens is 5. The summed E-state index contributed by atoms with van der Waals surface area (Å²) in [5, 5.41) is 27.3. The van der Waals surface area contributed by atoms with Crippen molar-refractivity contribution in [2.24, 2.45) is 0 Å². The summed E-state index contributed by atoms with van der Waals surface area (Å²) >= 11 is 0. The van der Waals surface area contributed by atoms with E-state index >= 15 is 0 Å². The fraction of sp³-hybridized carbons (Fsp3) is 0.250.